The van der Waals surface area contributed by atoms with Crippen LogP contribution in [0.1, 0.15) is 22.3 Å². The van der Waals surface area contributed by atoms with E-state index in [0.29, 0.717) is 5.82 Å². The van der Waals surface area contributed by atoms with Crippen molar-refractivity contribution in [2.75, 3.05) is 31.1 Å². The molecule has 1 N–H and O–H groups in total. The van der Waals surface area contributed by atoms with Gasteiger partial charge in [0.2, 0.25) is 10.8 Å². The molecule has 1 saturated heterocycles. The van der Waals surface area contributed by atoms with Gasteiger partial charge in [0.05, 0.1) is 10.9 Å². The molecule has 0 radical (unpaired) electrons. The molecule has 148 valence electrons. The molecule has 0 aliphatic carbocycles. The van der Waals surface area contributed by atoms with Gasteiger partial charge in [-0.3, -0.25) is 4.90 Å². The standard InChI is InChI=1S/C22H23N5OS/c1-16-23-22-27(24-16)21(28)20(29-22)19(17-8-4-2-5-9-17)26-14-12-25(13-15-26)18-10-6-3-7-11-18/h2-11,19,28H,12-15H2,1H3/t19-/m1/s1. The number of aromatic hydroxyl groups is 1. The topological polar surface area (TPSA) is 56.9 Å². The largest absolute Gasteiger partial charge is 0.492 e. The highest BCUT2D eigenvalue weighted by Gasteiger charge is 2.31. The first-order chi connectivity index (χ1) is 14.2. The van der Waals surface area contributed by atoms with Crippen molar-refractivity contribution in [3.05, 3.63) is 76.9 Å². The Balaban J connectivity index is 1.47. The Labute approximate surface area is 173 Å². The fraction of sp³-hybridized carbons (Fsp3) is 0.273. The molecule has 1 atom stereocenters. The number of rotatable bonds is 4. The van der Waals surface area contributed by atoms with Gasteiger partial charge in [0, 0.05) is 31.9 Å². The van der Waals surface area contributed by atoms with Crippen LogP contribution in [0.3, 0.4) is 0 Å². The summed E-state index contributed by atoms with van der Waals surface area (Å²) in [7, 11) is 0. The van der Waals surface area contributed by atoms with E-state index in [0.717, 1.165) is 36.0 Å². The molecule has 0 spiro atoms. The van der Waals surface area contributed by atoms with E-state index in [1.165, 1.54) is 22.6 Å². The molecule has 1 fully saturated rings. The highest BCUT2D eigenvalue weighted by molar-refractivity contribution is 7.17. The Bertz CT molecular complexity index is 1100. The van der Waals surface area contributed by atoms with Crippen LogP contribution in [0.25, 0.3) is 4.96 Å². The molecule has 4 aromatic rings. The molecular weight excluding hydrogens is 382 g/mol. The van der Waals surface area contributed by atoms with Crippen molar-refractivity contribution in [1.82, 2.24) is 19.5 Å². The van der Waals surface area contributed by atoms with Gasteiger partial charge in [0.25, 0.3) is 0 Å². The number of thiazole rings is 1. The van der Waals surface area contributed by atoms with Gasteiger partial charge < -0.3 is 10.0 Å². The lowest BCUT2D eigenvalue weighted by Gasteiger charge is -2.40. The van der Waals surface area contributed by atoms with E-state index in [2.05, 4.69) is 74.5 Å². The minimum atomic E-state index is -0.0112. The number of aromatic nitrogens is 3. The van der Waals surface area contributed by atoms with E-state index in [4.69, 9.17) is 0 Å². The van der Waals surface area contributed by atoms with Crippen LogP contribution in [-0.4, -0.2) is 50.8 Å². The Morgan fingerprint density at radius 1 is 0.931 bits per heavy atom. The monoisotopic (exact) mass is 405 g/mol. The number of piperazine rings is 1. The Hall–Kier alpha value is -2.90. The zero-order chi connectivity index (χ0) is 19.8. The molecule has 0 bridgehead atoms. The summed E-state index contributed by atoms with van der Waals surface area (Å²) in [4.78, 5) is 11.0. The van der Waals surface area contributed by atoms with Crippen LogP contribution in [0.15, 0.2) is 60.7 Å². The zero-order valence-corrected chi connectivity index (χ0v) is 17.1. The van der Waals surface area contributed by atoms with E-state index >= 15 is 0 Å². The van der Waals surface area contributed by atoms with E-state index in [9.17, 15) is 5.11 Å². The molecular formula is C22H23N5OS. The molecule has 29 heavy (non-hydrogen) atoms. The third kappa shape index (κ3) is 3.36. The molecule has 6 nitrogen and oxygen atoms in total. The minimum Gasteiger partial charge on any atom is -0.492 e. The quantitative estimate of drug-likeness (QED) is 0.561. The van der Waals surface area contributed by atoms with Gasteiger partial charge in [-0.1, -0.05) is 59.9 Å². The van der Waals surface area contributed by atoms with Gasteiger partial charge in [-0.05, 0) is 24.6 Å². The van der Waals surface area contributed by atoms with Gasteiger partial charge in [0.15, 0.2) is 0 Å². The van der Waals surface area contributed by atoms with Gasteiger partial charge in [0.1, 0.15) is 5.82 Å². The maximum absolute atomic E-state index is 10.9. The van der Waals surface area contributed by atoms with Crippen LogP contribution in [0, 0.1) is 6.92 Å². The van der Waals surface area contributed by atoms with Crippen LogP contribution in [0.4, 0.5) is 5.69 Å². The van der Waals surface area contributed by atoms with Crippen molar-refractivity contribution in [3.8, 4) is 5.88 Å². The van der Waals surface area contributed by atoms with E-state index in [1.54, 1.807) is 4.52 Å². The molecule has 1 aliphatic rings. The van der Waals surface area contributed by atoms with Crippen LogP contribution >= 0.6 is 11.3 Å². The number of nitrogens with zero attached hydrogens (tertiary/aromatic N) is 5. The Morgan fingerprint density at radius 2 is 1.59 bits per heavy atom. The average molecular weight is 406 g/mol. The van der Waals surface area contributed by atoms with Crippen molar-refractivity contribution < 1.29 is 5.11 Å². The first kappa shape index (κ1) is 18.1. The lowest BCUT2D eigenvalue weighted by Crippen LogP contribution is -2.47. The smallest absolute Gasteiger partial charge is 0.230 e. The lowest BCUT2D eigenvalue weighted by atomic mass is 10.0. The van der Waals surface area contributed by atoms with Gasteiger partial charge in [-0.15, -0.1) is 5.10 Å². The maximum Gasteiger partial charge on any atom is 0.230 e. The molecule has 7 heteroatoms. The summed E-state index contributed by atoms with van der Waals surface area (Å²) < 4.78 is 1.56. The summed E-state index contributed by atoms with van der Waals surface area (Å²) in [6.45, 7) is 5.58. The molecule has 1 aliphatic heterocycles. The number of aryl methyl sites for hydroxylation is 1. The Morgan fingerprint density at radius 3 is 2.24 bits per heavy atom. The van der Waals surface area contributed by atoms with Gasteiger partial charge >= 0.3 is 0 Å². The van der Waals surface area contributed by atoms with Crippen LogP contribution in [0.5, 0.6) is 5.88 Å². The van der Waals surface area contributed by atoms with Gasteiger partial charge in [-0.25, -0.2) is 4.98 Å². The predicted molar refractivity (Wildman–Crippen MR) is 116 cm³/mol. The Kier molecular flexibility index (Phi) is 4.69. The second kappa shape index (κ2) is 7.50. The summed E-state index contributed by atoms with van der Waals surface area (Å²) in [5.74, 6) is 0.871. The third-order valence-corrected chi connectivity index (χ3v) is 6.54. The average Bonchev–Trinajstić information content (AvgIpc) is 3.27. The summed E-state index contributed by atoms with van der Waals surface area (Å²) in [6, 6.07) is 21.0. The summed E-state index contributed by atoms with van der Waals surface area (Å²) >= 11 is 1.52. The van der Waals surface area contributed by atoms with Crippen molar-refractivity contribution in [2.24, 2.45) is 0 Å². The zero-order valence-electron chi connectivity index (χ0n) is 16.3. The number of hydrogen-bond acceptors (Lipinski definition) is 6. The van der Waals surface area contributed by atoms with Crippen LogP contribution in [-0.2, 0) is 0 Å². The molecule has 0 amide bonds. The fourth-order valence-electron chi connectivity index (χ4n) is 4.07. The molecule has 3 heterocycles. The molecule has 0 unspecified atom stereocenters. The minimum absolute atomic E-state index is 0.0112. The number of para-hydroxylation sites is 1. The van der Waals surface area contributed by atoms with Crippen molar-refractivity contribution >= 4 is 22.0 Å². The van der Waals surface area contributed by atoms with Crippen molar-refractivity contribution in [3.63, 3.8) is 0 Å². The van der Waals surface area contributed by atoms with Gasteiger partial charge in [-0.2, -0.15) is 4.52 Å². The lowest BCUT2D eigenvalue weighted by molar-refractivity contribution is 0.211. The van der Waals surface area contributed by atoms with Crippen molar-refractivity contribution in [2.45, 2.75) is 13.0 Å². The first-order valence-corrected chi connectivity index (χ1v) is 10.7. The number of fused-ring (bicyclic) bond motifs is 1. The van der Waals surface area contributed by atoms with Crippen molar-refractivity contribution in [1.29, 1.82) is 0 Å². The molecule has 2 aromatic carbocycles. The summed E-state index contributed by atoms with van der Waals surface area (Å²) in [5, 5.41) is 15.3. The van der Waals surface area contributed by atoms with Crippen LogP contribution < -0.4 is 4.90 Å². The number of hydrogen-bond donors (Lipinski definition) is 1. The number of anilines is 1. The normalized spacial score (nSPS) is 16.4. The van der Waals surface area contributed by atoms with E-state index in [-0.39, 0.29) is 11.9 Å². The second-order valence-corrected chi connectivity index (χ2v) is 8.32. The molecule has 0 saturated carbocycles. The predicted octanol–water partition coefficient (Wildman–Crippen LogP) is 3.72. The summed E-state index contributed by atoms with van der Waals surface area (Å²) in [5.41, 5.74) is 2.44. The third-order valence-electron chi connectivity index (χ3n) is 5.47. The second-order valence-electron chi connectivity index (χ2n) is 7.32. The number of benzene rings is 2. The molecule has 5 rings (SSSR count). The SMILES string of the molecule is Cc1nc2sc([C@@H](c3ccccc3)N3CCN(c4ccccc4)CC3)c(O)n2n1. The highest BCUT2D eigenvalue weighted by atomic mass is 32.1. The highest BCUT2D eigenvalue weighted by Crippen LogP contribution is 2.40. The first-order valence-electron chi connectivity index (χ1n) is 9.85. The maximum atomic E-state index is 10.9. The van der Waals surface area contributed by atoms with Crippen LogP contribution in [0.2, 0.25) is 0 Å². The fourth-order valence-corrected chi connectivity index (χ4v) is 5.23. The van der Waals surface area contributed by atoms with E-state index < -0.39 is 0 Å². The van der Waals surface area contributed by atoms with E-state index in [1.807, 2.05) is 13.0 Å². The summed E-state index contributed by atoms with van der Waals surface area (Å²) in [6.07, 6.45) is 0. The molecule has 2 aromatic heterocycles.